The van der Waals surface area contributed by atoms with E-state index in [1.807, 2.05) is 6.20 Å². The van der Waals surface area contributed by atoms with E-state index >= 15 is 0 Å². The molecule has 0 unspecified atom stereocenters. The number of thioether (sulfide) groups is 1. The number of nitrogens with one attached hydrogen (secondary N) is 1. The second kappa shape index (κ2) is 6.96. The van der Waals surface area contributed by atoms with Crippen molar-refractivity contribution in [1.29, 1.82) is 0 Å². The lowest BCUT2D eigenvalue weighted by molar-refractivity contribution is -0.0204. The first-order valence-corrected chi connectivity index (χ1v) is 9.00. The lowest BCUT2D eigenvalue weighted by atomic mass is 9.99. The summed E-state index contributed by atoms with van der Waals surface area (Å²) in [5, 5.41) is 3.85. The van der Waals surface area contributed by atoms with Crippen LogP contribution in [-0.4, -0.2) is 39.7 Å². The summed E-state index contributed by atoms with van der Waals surface area (Å²) in [6.45, 7) is 3.98. The molecule has 5 heteroatoms. The lowest BCUT2D eigenvalue weighted by Crippen LogP contribution is -2.47. The van der Waals surface area contributed by atoms with Crippen LogP contribution in [-0.2, 0) is 11.3 Å². The van der Waals surface area contributed by atoms with Crippen LogP contribution in [0.5, 0.6) is 0 Å². The Morgan fingerprint density at radius 1 is 1.45 bits per heavy atom. The van der Waals surface area contributed by atoms with Crippen molar-refractivity contribution in [3.63, 3.8) is 0 Å². The average molecular weight is 295 g/mol. The van der Waals surface area contributed by atoms with Gasteiger partial charge in [0.05, 0.1) is 0 Å². The molecule has 3 heterocycles. The molecule has 0 radical (unpaired) electrons. The zero-order valence-electron chi connectivity index (χ0n) is 12.3. The Kier molecular flexibility index (Phi) is 5.02. The van der Waals surface area contributed by atoms with Crippen LogP contribution in [0.1, 0.15) is 44.5 Å². The summed E-state index contributed by atoms with van der Waals surface area (Å²) in [6.07, 6.45) is 9.06. The minimum Gasteiger partial charge on any atom is -0.369 e. The van der Waals surface area contributed by atoms with E-state index in [2.05, 4.69) is 39.8 Å². The van der Waals surface area contributed by atoms with E-state index in [4.69, 9.17) is 4.74 Å². The van der Waals surface area contributed by atoms with Gasteiger partial charge in [0.25, 0.3) is 0 Å². The van der Waals surface area contributed by atoms with Crippen molar-refractivity contribution in [3.8, 4) is 0 Å². The second-order valence-corrected chi connectivity index (χ2v) is 6.84. The van der Waals surface area contributed by atoms with E-state index in [0.29, 0.717) is 12.1 Å². The quantitative estimate of drug-likeness (QED) is 0.927. The highest BCUT2D eigenvalue weighted by Gasteiger charge is 2.32. The summed E-state index contributed by atoms with van der Waals surface area (Å²) in [6, 6.07) is 1.06. The average Bonchev–Trinajstić information content (AvgIpc) is 2.97. The largest absolute Gasteiger partial charge is 0.369 e. The van der Waals surface area contributed by atoms with Crippen molar-refractivity contribution in [2.45, 2.75) is 57.3 Å². The molecule has 0 amide bonds. The van der Waals surface area contributed by atoms with Crippen molar-refractivity contribution < 1.29 is 4.74 Å². The summed E-state index contributed by atoms with van der Waals surface area (Å²) in [5.41, 5.74) is 0. The fourth-order valence-corrected chi connectivity index (χ4v) is 4.31. The molecule has 112 valence electrons. The minimum atomic E-state index is 0.116. The molecule has 3 atom stereocenters. The highest BCUT2D eigenvalue weighted by atomic mass is 32.2. The molecule has 4 nitrogen and oxygen atoms in total. The topological polar surface area (TPSA) is 39.1 Å². The third-order valence-corrected chi connectivity index (χ3v) is 5.49. The van der Waals surface area contributed by atoms with E-state index in [-0.39, 0.29) is 6.10 Å². The number of hydrogen-bond donors (Lipinski definition) is 1. The van der Waals surface area contributed by atoms with Gasteiger partial charge < -0.3 is 14.6 Å². The standard InChI is InChI=1S/C15H25N3OS/c1-2-18-8-7-16-15(18)14-13(6-3-9-19-14)17-12-5-4-10-20-11-12/h7-8,12-14,17H,2-6,9-11H2,1H3/t12-,13-,14-/m0/s1. The van der Waals surface area contributed by atoms with Crippen molar-refractivity contribution in [2.24, 2.45) is 0 Å². The molecule has 1 N–H and O–H groups in total. The van der Waals surface area contributed by atoms with Gasteiger partial charge in [0.15, 0.2) is 0 Å². The summed E-state index contributed by atoms with van der Waals surface area (Å²) in [4.78, 5) is 4.55. The molecule has 0 spiro atoms. The summed E-state index contributed by atoms with van der Waals surface area (Å²) in [7, 11) is 0. The van der Waals surface area contributed by atoms with Crippen LogP contribution < -0.4 is 5.32 Å². The van der Waals surface area contributed by atoms with Gasteiger partial charge in [0.2, 0.25) is 0 Å². The Labute approximate surface area is 125 Å². The van der Waals surface area contributed by atoms with E-state index in [1.165, 1.54) is 30.8 Å². The fourth-order valence-electron chi connectivity index (χ4n) is 3.23. The third-order valence-electron chi connectivity index (χ3n) is 4.28. The molecule has 2 saturated heterocycles. The maximum absolute atomic E-state index is 6.07. The van der Waals surface area contributed by atoms with Gasteiger partial charge in [-0.15, -0.1) is 0 Å². The van der Waals surface area contributed by atoms with Crippen molar-refractivity contribution >= 4 is 11.8 Å². The SMILES string of the molecule is CCn1ccnc1[C@H]1OCCC[C@@H]1N[C@H]1CCCSC1. The Bertz CT molecular complexity index is 417. The molecule has 2 aliphatic rings. The van der Waals surface area contributed by atoms with Crippen LogP contribution in [0.2, 0.25) is 0 Å². The first-order chi connectivity index (χ1) is 9.88. The van der Waals surface area contributed by atoms with Gasteiger partial charge >= 0.3 is 0 Å². The maximum atomic E-state index is 6.07. The van der Waals surface area contributed by atoms with Crippen molar-refractivity contribution in [1.82, 2.24) is 14.9 Å². The van der Waals surface area contributed by atoms with Gasteiger partial charge in [-0.3, -0.25) is 0 Å². The third kappa shape index (κ3) is 3.21. The van der Waals surface area contributed by atoms with Crippen LogP contribution in [0.15, 0.2) is 12.4 Å². The van der Waals surface area contributed by atoms with Crippen LogP contribution in [0, 0.1) is 0 Å². The van der Waals surface area contributed by atoms with E-state index in [0.717, 1.165) is 25.4 Å². The minimum absolute atomic E-state index is 0.116. The van der Waals surface area contributed by atoms with Crippen molar-refractivity contribution in [2.75, 3.05) is 18.1 Å². The van der Waals surface area contributed by atoms with Crippen LogP contribution >= 0.6 is 11.8 Å². The van der Waals surface area contributed by atoms with Gasteiger partial charge in [-0.25, -0.2) is 4.98 Å². The highest BCUT2D eigenvalue weighted by Crippen LogP contribution is 2.29. The Hall–Kier alpha value is -0.520. The van der Waals surface area contributed by atoms with Crippen LogP contribution in [0.25, 0.3) is 0 Å². The van der Waals surface area contributed by atoms with Crippen molar-refractivity contribution in [3.05, 3.63) is 18.2 Å². The smallest absolute Gasteiger partial charge is 0.139 e. The molecule has 3 rings (SSSR count). The number of aryl methyl sites for hydroxylation is 1. The van der Waals surface area contributed by atoms with Crippen LogP contribution in [0.4, 0.5) is 0 Å². The number of rotatable bonds is 4. The lowest BCUT2D eigenvalue weighted by Gasteiger charge is -2.36. The van der Waals surface area contributed by atoms with Gasteiger partial charge in [0, 0.05) is 43.4 Å². The molecule has 0 aliphatic carbocycles. The number of aromatic nitrogens is 2. The normalized spacial score (nSPS) is 31.4. The molecule has 2 aliphatic heterocycles. The number of ether oxygens (including phenoxy) is 1. The molecular weight excluding hydrogens is 270 g/mol. The van der Waals surface area contributed by atoms with Gasteiger partial charge in [-0.1, -0.05) is 0 Å². The molecule has 0 saturated carbocycles. The molecule has 0 aromatic carbocycles. The zero-order valence-corrected chi connectivity index (χ0v) is 13.1. The van der Waals surface area contributed by atoms with Gasteiger partial charge in [0.1, 0.15) is 11.9 Å². The Balaban J connectivity index is 1.70. The van der Waals surface area contributed by atoms with E-state index < -0.39 is 0 Å². The number of nitrogens with zero attached hydrogens (tertiary/aromatic N) is 2. The predicted molar refractivity (Wildman–Crippen MR) is 83.1 cm³/mol. The molecule has 1 aromatic heterocycles. The monoisotopic (exact) mass is 295 g/mol. The van der Waals surface area contributed by atoms with Gasteiger partial charge in [-0.2, -0.15) is 11.8 Å². The summed E-state index contributed by atoms with van der Waals surface area (Å²) in [5.74, 6) is 3.65. The molecule has 20 heavy (non-hydrogen) atoms. The number of hydrogen-bond acceptors (Lipinski definition) is 4. The van der Waals surface area contributed by atoms with E-state index in [1.54, 1.807) is 0 Å². The molecule has 1 aromatic rings. The summed E-state index contributed by atoms with van der Waals surface area (Å²) < 4.78 is 8.27. The summed E-state index contributed by atoms with van der Waals surface area (Å²) >= 11 is 2.07. The molecular formula is C15H25N3OS. The molecule has 0 bridgehead atoms. The molecule has 2 fully saturated rings. The van der Waals surface area contributed by atoms with Crippen LogP contribution in [0.3, 0.4) is 0 Å². The predicted octanol–water partition coefficient (Wildman–Crippen LogP) is 2.61. The number of imidazole rings is 1. The maximum Gasteiger partial charge on any atom is 0.139 e. The first kappa shape index (κ1) is 14.4. The second-order valence-electron chi connectivity index (χ2n) is 5.69. The zero-order chi connectivity index (χ0) is 13.8. The fraction of sp³-hybridized carbons (Fsp3) is 0.800. The van der Waals surface area contributed by atoms with E-state index in [9.17, 15) is 0 Å². The Morgan fingerprint density at radius 2 is 2.40 bits per heavy atom. The highest BCUT2D eigenvalue weighted by molar-refractivity contribution is 7.99. The Morgan fingerprint density at radius 3 is 3.20 bits per heavy atom. The van der Waals surface area contributed by atoms with Gasteiger partial charge in [-0.05, 0) is 38.4 Å². The first-order valence-electron chi connectivity index (χ1n) is 7.85.